The van der Waals surface area contributed by atoms with E-state index in [0.717, 1.165) is 5.57 Å². The molecule has 0 aromatic rings. The Morgan fingerprint density at radius 1 is 1.53 bits per heavy atom. The zero-order valence-electron chi connectivity index (χ0n) is 9.91. The molecule has 0 bridgehead atoms. The van der Waals surface area contributed by atoms with Gasteiger partial charge in [0.05, 0.1) is 19.1 Å². The molecule has 0 amide bonds. The molecule has 86 valence electrons. The van der Waals surface area contributed by atoms with Crippen molar-refractivity contribution in [3.05, 3.63) is 11.6 Å². The maximum atomic E-state index is 11.6. The van der Waals surface area contributed by atoms with Crippen molar-refractivity contribution in [1.82, 2.24) is 0 Å². The second kappa shape index (κ2) is 4.35. The van der Waals surface area contributed by atoms with E-state index in [-0.39, 0.29) is 29.8 Å². The van der Waals surface area contributed by atoms with Crippen LogP contribution >= 0.6 is 0 Å². The smallest absolute Gasteiger partial charge is 0.310 e. The molecule has 0 spiro atoms. The Hall–Kier alpha value is -0.830. The number of hydrogen-bond donors (Lipinski definition) is 1. The second-order valence-electron chi connectivity index (χ2n) is 4.75. The van der Waals surface area contributed by atoms with Crippen LogP contribution < -0.4 is 0 Å². The van der Waals surface area contributed by atoms with Crippen molar-refractivity contribution < 1.29 is 14.6 Å². The average molecular weight is 212 g/mol. The van der Waals surface area contributed by atoms with Gasteiger partial charge in [0, 0.05) is 0 Å². The molecule has 1 N–H and O–H groups in total. The summed E-state index contributed by atoms with van der Waals surface area (Å²) in [4.78, 5) is 11.6. The van der Waals surface area contributed by atoms with Gasteiger partial charge in [0.15, 0.2) is 0 Å². The van der Waals surface area contributed by atoms with Gasteiger partial charge in [-0.3, -0.25) is 4.79 Å². The van der Waals surface area contributed by atoms with Crippen molar-refractivity contribution in [1.29, 1.82) is 0 Å². The minimum atomic E-state index is -0.116. The van der Waals surface area contributed by atoms with Crippen LogP contribution in [0.2, 0.25) is 0 Å². The summed E-state index contributed by atoms with van der Waals surface area (Å²) in [6.07, 6.45) is 1.99. The summed E-state index contributed by atoms with van der Waals surface area (Å²) in [5, 5.41) is 8.93. The van der Waals surface area contributed by atoms with E-state index in [9.17, 15) is 4.79 Å². The lowest BCUT2D eigenvalue weighted by atomic mass is 10.1. The van der Waals surface area contributed by atoms with Crippen molar-refractivity contribution in [3.63, 3.8) is 0 Å². The first-order valence-electron chi connectivity index (χ1n) is 5.40. The van der Waals surface area contributed by atoms with Gasteiger partial charge in [-0.2, -0.15) is 0 Å². The van der Waals surface area contributed by atoms with E-state index in [0.29, 0.717) is 6.61 Å². The van der Waals surface area contributed by atoms with Crippen LogP contribution in [-0.4, -0.2) is 24.3 Å². The van der Waals surface area contributed by atoms with Crippen molar-refractivity contribution in [3.8, 4) is 0 Å². The summed E-state index contributed by atoms with van der Waals surface area (Å²) < 4.78 is 5.02. The number of aliphatic hydroxyl groups excluding tert-OH is 1. The first kappa shape index (κ1) is 12.2. The van der Waals surface area contributed by atoms with Gasteiger partial charge >= 0.3 is 5.97 Å². The lowest BCUT2D eigenvalue weighted by Crippen LogP contribution is -2.10. The number of carbonyl (C=O) groups is 1. The number of esters is 1. The van der Waals surface area contributed by atoms with Crippen LogP contribution in [0.1, 0.15) is 27.7 Å². The molecule has 2 atom stereocenters. The van der Waals surface area contributed by atoms with E-state index < -0.39 is 0 Å². The van der Waals surface area contributed by atoms with Gasteiger partial charge in [0.2, 0.25) is 0 Å². The zero-order valence-corrected chi connectivity index (χ0v) is 9.91. The Bertz CT molecular complexity index is 279. The Balaban J connectivity index is 2.67. The van der Waals surface area contributed by atoms with Gasteiger partial charge in [0.1, 0.15) is 0 Å². The number of ether oxygens (including phenoxy) is 1. The highest BCUT2D eigenvalue weighted by atomic mass is 16.5. The van der Waals surface area contributed by atoms with Crippen molar-refractivity contribution in [2.75, 3.05) is 13.2 Å². The van der Waals surface area contributed by atoms with E-state index in [1.165, 1.54) is 0 Å². The predicted octanol–water partition coefficient (Wildman–Crippen LogP) is 1.76. The molecule has 1 rings (SSSR count). The van der Waals surface area contributed by atoms with E-state index in [4.69, 9.17) is 9.84 Å². The monoisotopic (exact) mass is 212 g/mol. The van der Waals surface area contributed by atoms with Crippen LogP contribution in [-0.2, 0) is 9.53 Å². The highest BCUT2D eigenvalue weighted by Gasteiger charge is 2.61. The Labute approximate surface area is 91.1 Å². The van der Waals surface area contributed by atoms with Crippen LogP contribution in [0.4, 0.5) is 0 Å². The van der Waals surface area contributed by atoms with Gasteiger partial charge in [-0.1, -0.05) is 25.5 Å². The van der Waals surface area contributed by atoms with Gasteiger partial charge in [-0.15, -0.1) is 0 Å². The molecule has 0 aromatic carbocycles. The molecule has 0 radical (unpaired) electrons. The number of carbonyl (C=O) groups excluding carboxylic acids is 1. The molecule has 2 unspecified atom stereocenters. The predicted molar refractivity (Wildman–Crippen MR) is 58.2 cm³/mol. The van der Waals surface area contributed by atoms with Crippen molar-refractivity contribution >= 4 is 5.97 Å². The Morgan fingerprint density at radius 2 is 2.13 bits per heavy atom. The maximum absolute atomic E-state index is 11.6. The fourth-order valence-electron chi connectivity index (χ4n) is 2.03. The van der Waals surface area contributed by atoms with E-state index in [2.05, 4.69) is 13.8 Å². The van der Waals surface area contributed by atoms with Crippen molar-refractivity contribution in [2.45, 2.75) is 27.7 Å². The largest absolute Gasteiger partial charge is 0.466 e. The molecule has 3 nitrogen and oxygen atoms in total. The molecule has 1 fully saturated rings. The minimum Gasteiger partial charge on any atom is -0.466 e. The maximum Gasteiger partial charge on any atom is 0.310 e. The van der Waals surface area contributed by atoms with Gasteiger partial charge in [-0.25, -0.2) is 0 Å². The number of allylic oxidation sites excluding steroid dienone is 1. The lowest BCUT2D eigenvalue weighted by molar-refractivity contribution is -0.145. The lowest BCUT2D eigenvalue weighted by Gasteiger charge is -2.01. The summed E-state index contributed by atoms with van der Waals surface area (Å²) in [5.41, 5.74) is 0.891. The fourth-order valence-corrected chi connectivity index (χ4v) is 2.03. The van der Waals surface area contributed by atoms with Gasteiger partial charge in [-0.05, 0) is 25.2 Å². The number of aliphatic hydroxyl groups is 1. The highest BCUT2D eigenvalue weighted by Crippen LogP contribution is 2.59. The normalized spacial score (nSPS) is 28.7. The van der Waals surface area contributed by atoms with Crippen LogP contribution in [0.3, 0.4) is 0 Å². The molecule has 3 heteroatoms. The van der Waals surface area contributed by atoms with E-state index >= 15 is 0 Å². The van der Waals surface area contributed by atoms with Gasteiger partial charge < -0.3 is 9.84 Å². The van der Waals surface area contributed by atoms with Crippen LogP contribution in [0.25, 0.3) is 0 Å². The molecule has 0 aliphatic heterocycles. The van der Waals surface area contributed by atoms with Gasteiger partial charge in [0.25, 0.3) is 0 Å². The zero-order chi connectivity index (χ0) is 11.6. The summed E-state index contributed by atoms with van der Waals surface area (Å²) in [5.74, 6) is 0.0529. The third-order valence-electron chi connectivity index (χ3n) is 3.16. The molecular weight excluding hydrogens is 192 g/mol. The standard InChI is InChI=1S/C12H20O3/c1-5-15-11(14)10-9(12(10,3)4)6-8(2)7-13/h6,9-10,13H,5,7H2,1-4H3. The first-order chi connectivity index (χ1) is 6.95. The molecule has 0 heterocycles. The summed E-state index contributed by atoms with van der Waals surface area (Å²) >= 11 is 0. The minimum absolute atomic E-state index is 0.0251. The third kappa shape index (κ3) is 2.40. The summed E-state index contributed by atoms with van der Waals surface area (Å²) in [7, 11) is 0. The molecule has 0 saturated heterocycles. The van der Waals surface area contributed by atoms with E-state index in [1.807, 2.05) is 19.9 Å². The van der Waals surface area contributed by atoms with E-state index in [1.54, 1.807) is 0 Å². The Kier molecular flexibility index (Phi) is 3.55. The number of hydrogen-bond acceptors (Lipinski definition) is 3. The quantitative estimate of drug-likeness (QED) is 0.570. The van der Waals surface area contributed by atoms with Crippen LogP contribution in [0.5, 0.6) is 0 Å². The van der Waals surface area contributed by atoms with Crippen LogP contribution in [0.15, 0.2) is 11.6 Å². The fraction of sp³-hybridized carbons (Fsp3) is 0.750. The Morgan fingerprint density at radius 3 is 2.60 bits per heavy atom. The third-order valence-corrected chi connectivity index (χ3v) is 3.16. The number of rotatable bonds is 4. The van der Waals surface area contributed by atoms with Crippen LogP contribution in [0, 0.1) is 17.3 Å². The molecule has 1 saturated carbocycles. The highest BCUT2D eigenvalue weighted by molar-refractivity contribution is 5.78. The topological polar surface area (TPSA) is 46.5 Å². The molecule has 1 aliphatic carbocycles. The molecule has 1 aliphatic rings. The second-order valence-corrected chi connectivity index (χ2v) is 4.75. The molecular formula is C12H20O3. The molecule has 0 aromatic heterocycles. The first-order valence-corrected chi connectivity index (χ1v) is 5.40. The summed E-state index contributed by atoms with van der Waals surface area (Å²) in [6, 6.07) is 0. The SMILES string of the molecule is CCOC(=O)C1C(C=C(C)CO)C1(C)C. The average Bonchev–Trinajstić information content (AvgIpc) is 2.68. The summed E-state index contributed by atoms with van der Waals surface area (Å²) in [6.45, 7) is 8.29. The molecule has 15 heavy (non-hydrogen) atoms. The van der Waals surface area contributed by atoms with Crippen molar-refractivity contribution in [2.24, 2.45) is 17.3 Å².